The number of nitro benzene ring substituents is 2. The van der Waals surface area contributed by atoms with E-state index in [0.29, 0.717) is 5.69 Å². The zero-order chi connectivity index (χ0) is 23.0. The molecule has 0 saturated heterocycles. The molecule has 1 N–H and O–H groups in total. The van der Waals surface area contributed by atoms with E-state index in [2.05, 4.69) is 5.32 Å². The lowest BCUT2D eigenvalue weighted by atomic mass is 10.0. The van der Waals surface area contributed by atoms with Gasteiger partial charge in [-0.3, -0.25) is 29.8 Å². The number of amides is 2. The van der Waals surface area contributed by atoms with E-state index in [1.807, 2.05) is 6.07 Å². The predicted octanol–water partition coefficient (Wildman–Crippen LogP) is 4.22. The Labute approximate surface area is 181 Å². The molecule has 0 aromatic heterocycles. The lowest BCUT2D eigenvalue weighted by Gasteiger charge is -2.28. The smallest absolute Gasteiger partial charge is 0.300 e. The number of nitro groups is 2. The summed E-state index contributed by atoms with van der Waals surface area (Å²) < 4.78 is 0. The monoisotopic (exact) mass is 432 g/mol. The normalized spacial score (nSPS) is 12.8. The van der Waals surface area contributed by atoms with E-state index in [1.54, 1.807) is 49.4 Å². The highest BCUT2D eigenvalue weighted by atomic mass is 16.6. The van der Waals surface area contributed by atoms with Gasteiger partial charge in [-0.15, -0.1) is 0 Å². The second kappa shape index (κ2) is 7.91. The van der Waals surface area contributed by atoms with Crippen molar-refractivity contribution in [1.82, 2.24) is 0 Å². The maximum atomic E-state index is 13.6. The Bertz CT molecular complexity index is 1290. The highest BCUT2D eigenvalue weighted by Crippen LogP contribution is 2.38. The quantitative estimate of drug-likeness (QED) is 0.484. The van der Waals surface area contributed by atoms with Crippen molar-refractivity contribution in [3.8, 4) is 0 Å². The molecule has 0 unspecified atom stereocenters. The maximum Gasteiger partial charge on any atom is 0.300 e. The van der Waals surface area contributed by atoms with E-state index >= 15 is 0 Å². The van der Waals surface area contributed by atoms with Crippen LogP contribution in [0.4, 0.5) is 22.7 Å². The van der Waals surface area contributed by atoms with Gasteiger partial charge in [0.25, 0.3) is 23.2 Å². The molecule has 0 saturated carbocycles. The minimum absolute atomic E-state index is 0.0545. The number of benzene rings is 3. The van der Waals surface area contributed by atoms with Gasteiger partial charge < -0.3 is 10.2 Å². The Hall–Kier alpha value is -4.60. The molecule has 160 valence electrons. The summed E-state index contributed by atoms with van der Waals surface area (Å²) in [6.45, 7) is 1.83. The van der Waals surface area contributed by atoms with Crippen LogP contribution in [0.25, 0.3) is 0 Å². The largest absolute Gasteiger partial charge is 0.315 e. The number of hydrogen-bond acceptors (Lipinski definition) is 6. The van der Waals surface area contributed by atoms with E-state index in [0.717, 1.165) is 23.3 Å². The van der Waals surface area contributed by atoms with Crippen LogP contribution in [0.3, 0.4) is 0 Å². The molecule has 4 rings (SSSR count). The molecule has 3 aromatic rings. The van der Waals surface area contributed by atoms with Gasteiger partial charge in [0, 0.05) is 6.07 Å². The van der Waals surface area contributed by atoms with E-state index in [1.165, 1.54) is 4.90 Å². The summed E-state index contributed by atoms with van der Waals surface area (Å²) >= 11 is 0. The maximum absolute atomic E-state index is 13.6. The van der Waals surface area contributed by atoms with Gasteiger partial charge >= 0.3 is 0 Å². The molecule has 10 nitrogen and oxygen atoms in total. The average Bonchev–Trinajstić information content (AvgIpc) is 2.77. The second-order valence-corrected chi connectivity index (χ2v) is 7.25. The van der Waals surface area contributed by atoms with Crippen LogP contribution in [0.5, 0.6) is 0 Å². The Morgan fingerprint density at radius 3 is 2.28 bits per heavy atom. The lowest BCUT2D eigenvalue weighted by Crippen LogP contribution is -2.35. The fourth-order valence-corrected chi connectivity index (χ4v) is 3.59. The van der Waals surface area contributed by atoms with Gasteiger partial charge in [-0.1, -0.05) is 42.0 Å². The summed E-state index contributed by atoms with van der Waals surface area (Å²) in [5.74, 6) is -1.37. The molecule has 0 spiro atoms. The summed E-state index contributed by atoms with van der Waals surface area (Å²) in [6.07, 6.45) is 0. The molecular weight excluding hydrogens is 416 g/mol. The molecule has 1 aliphatic rings. The molecular formula is C22H16N4O6. The standard InChI is InChI=1S/C22H16N4O6/c1-13-7-8-18-16(9-13)21(27)23-20-17(10-15(25(29)30)11-19(20)26(31)32)22(28)24(18)12-14-5-3-2-4-6-14/h2-11H,12H2,1H3,(H,23,27). The van der Waals surface area contributed by atoms with Gasteiger partial charge in [0.15, 0.2) is 0 Å². The number of anilines is 2. The highest BCUT2D eigenvalue weighted by Gasteiger charge is 2.35. The van der Waals surface area contributed by atoms with Crippen molar-refractivity contribution in [2.24, 2.45) is 0 Å². The first-order valence-electron chi connectivity index (χ1n) is 9.51. The number of rotatable bonds is 4. The molecule has 0 aliphatic carbocycles. The van der Waals surface area contributed by atoms with Crippen molar-refractivity contribution >= 4 is 34.6 Å². The summed E-state index contributed by atoms with van der Waals surface area (Å²) in [4.78, 5) is 49.3. The van der Waals surface area contributed by atoms with Crippen molar-refractivity contribution in [3.63, 3.8) is 0 Å². The number of nitrogens with zero attached hydrogens (tertiary/aromatic N) is 3. The van der Waals surface area contributed by atoms with Crippen molar-refractivity contribution in [3.05, 3.63) is 103 Å². The molecule has 0 fully saturated rings. The minimum Gasteiger partial charge on any atom is -0.315 e. The minimum atomic E-state index is -0.861. The van der Waals surface area contributed by atoms with Gasteiger partial charge in [0.2, 0.25) is 0 Å². The zero-order valence-corrected chi connectivity index (χ0v) is 16.8. The molecule has 1 aliphatic heterocycles. The Balaban J connectivity index is 1.99. The number of non-ortho nitro benzene ring substituents is 1. The number of fused-ring (bicyclic) bond motifs is 2. The van der Waals surface area contributed by atoms with Crippen LogP contribution in [0, 0.1) is 27.2 Å². The van der Waals surface area contributed by atoms with Gasteiger partial charge in [0.05, 0.1) is 39.3 Å². The highest BCUT2D eigenvalue weighted by molar-refractivity contribution is 6.20. The number of hydrogen-bond donors (Lipinski definition) is 1. The Morgan fingerprint density at radius 2 is 1.62 bits per heavy atom. The van der Waals surface area contributed by atoms with Gasteiger partial charge in [-0.25, -0.2) is 0 Å². The first kappa shape index (κ1) is 20.7. The Kier molecular flexibility index (Phi) is 5.11. The van der Waals surface area contributed by atoms with Gasteiger partial charge in [-0.05, 0) is 24.6 Å². The third-order valence-electron chi connectivity index (χ3n) is 5.09. The van der Waals surface area contributed by atoms with Crippen LogP contribution in [0.15, 0.2) is 60.7 Å². The fraction of sp³-hybridized carbons (Fsp3) is 0.0909. The summed E-state index contributed by atoms with van der Waals surface area (Å²) in [5.41, 5.74) is -0.106. The molecule has 3 aromatic carbocycles. The van der Waals surface area contributed by atoms with Gasteiger partial charge in [-0.2, -0.15) is 0 Å². The van der Waals surface area contributed by atoms with E-state index in [4.69, 9.17) is 0 Å². The average molecular weight is 432 g/mol. The number of nitrogens with one attached hydrogen (secondary N) is 1. The topological polar surface area (TPSA) is 136 Å². The number of aryl methyl sites for hydroxylation is 1. The molecule has 0 atom stereocenters. The SMILES string of the molecule is Cc1ccc2c(c1)C(=O)Nc1c(cc([N+](=O)[O-])cc1[N+](=O)[O-])C(=O)N2Cc1ccccc1. The zero-order valence-electron chi connectivity index (χ0n) is 16.8. The van der Waals surface area contributed by atoms with E-state index < -0.39 is 33.0 Å². The molecule has 2 amide bonds. The van der Waals surface area contributed by atoms with Crippen LogP contribution >= 0.6 is 0 Å². The van der Waals surface area contributed by atoms with Crippen molar-refractivity contribution < 1.29 is 19.4 Å². The van der Waals surface area contributed by atoms with Crippen molar-refractivity contribution in [2.75, 3.05) is 10.2 Å². The fourth-order valence-electron chi connectivity index (χ4n) is 3.59. The molecule has 0 bridgehead atoms. The van der Waals surface area contributed by atoms with Crippen LogP contribution < -0.4 is 10.2 Å². The van der Waals surface area contributed by atoms with Gasteiger partial charge in [0.1, 0.15) is 5.69 Å². The van der Waals surface area contributed by atoms with Crippen molar-refractivity contribution in [1.29, 1.82) is 0 Å². The lowest BCUT2D eigenvalue weighted by molar-refractivity contribution is -0.393. The first-order valence-corrected chi connectivity index (χ1v) is 9.51. The third kappa shape index (κ3) is 3.65. The van der Waals surface area contributed by atoms with E-state index in [-0.39, 0.29) is 23.4 Å². The van der Waals surface area contributed by atoms with E-state index in [9.17, 15) is 29.8 Å². The molecule has 0 radical (unpaired) electrons. The van der Waals surface area contributed by atoms with Crippen LogP contribution in [0.1, 0.15) is 31.8 Å². The van der Waals surface area contributed by atoms with Crippen LogP contribution in [-0.2, 0) is 6.54 Å². The molecule has 32 heavy (non-hydrogen) atoms. The van der Waals surface area contributed by atoms with Crippen LogP contribution in [0.2, 0.25) is 0 Å². The Morgan fingerprint density at radius 1 is 0.906 bits per heavy atom. The summed E-state index contributed by atoms with van der Waals surface area (Å²) in [5, 5.41) is 25.4. The molecule has 10 heteroatoms. The second-order valence-electron chi connectivity index (χ2n) is 7.25. The van der Waals surface area contributed by atoms with Crippen LogP contribution in [-0.4, -0.2) is 21.7 Å². The first-order chi connectivity index (χ1) is 15.3. The summed E-state index contributed by atoms with van der Waals surface area (Å²) in [7, 11) is 0. The third-order valence-corrected chi connectivity index (χ3v) is 5.09. The number of carbonyl (C=O) groups is 2. The molecule has 1 heterocycles. The van der Waals surface area contributed by atoms with Crippen molar-refractivity contribution in [2.45, 2.75) is 13.5 Å². The summed E-state index contributed by atoms with van der Waals surface area (Å²) in [6, 6.07) is 15.6. The number of carbonyl (C=O) groups excluding carboxylic acids is 2. The predicted molar refractivity (Wildman–Crippen MR) is 116 cm³/mol.